The van der Waals surface area contributed by atoms with Crippen LogP contribution in [0.15, 0.2) is 64.6 Å². The van der Waals surface area contributed by atoms with E-state index >= 15 is 0 Å². The van der Waals surface area contributed by atoms with E-state index in [1.165, 1.54) is 9.87 Å². The predicted molar refractivity (Wildman–Crippen MR) is 131 cm³/mol. The number of nitrogens with zero attached hydrogens (tertiary/aromatic N) is 4. The van der Waals surface area contributed by atoms with E-state index in [0.717, 1.165) is 17.3 Å². The normalized spacial score (nSPS) is 16.2. The molecule has 9 heteroatoms. The van der Waals surface area contributed by atoms with Crippen molar-refractivity contribution in [3.63, 3.8) is 0 Å². The Bertz CT molecular complexity index is 1170. The number of aromatic nitrogens is 3. The lowest BCUT2D eigenvalue weighted by Gasteiger charge is -2.26. The van der Waals surface area contributed by atoms with Crippen LogP contribution in [-0.4, -0.2) is 53.8 Å². The van der Waals surface area contributed by atoms with Gasteiger partial charge in [0.25, 0.3) is 0 Å². The molecule has 1 fully saturated rings. The van der Waals surface area contributed by atoms with Gasteiger partial charge in [-0.2, -0.15) is 4.31 Å². The number of hydrogen-bond donors (Lipinski definition) is 0. The third kappa shape index (κ3) is 5.48. The quantitative estimate of drug-likeness (QED) is 0.437. The van der Waals surface area contributed by atoms with E-state index in [1.807, 2.05) is 24.3 Å². The summed E-state index contributed by atoms with van der Waals surface area (Å²) in [6.45, 7) is 8.78. The van der Waals surface area contributed by atoms with Crippen LogP contribution in [0.25, 0.3) is 11.4 Å². The molecule has 0 spiro atoms. The van der Waals surface area contributed by atoms with Crippen LogP contribution >= 0.6 is 11.8 Å². The number of rotatable bonds is 8. The molecule has 0 radical (unpaired) electrons. The fraction of sp³-hybridized carbons (Fsp3) is 0.417. The van der Waals surface area contributed by atoms with Gasteiger partial charge in [-0.25, -0.2) is 8.42 Å². The maximum Gasteiger partial charge on any atom is 0.243 e. The van der Waals surface area contributed by atoms with Crippen LogP contribution in [0.2, 0.25) is 0 Å². The van der Waals surface area contributed by atoms with Gasteiger partial charge in [0, 0.05) is 30.4 Å². The van der Waals surface area contributed by atoms with E-state index < -0.39 is 10.0 Å². The summed E-state index contributed by atoms with van der Waals surface area (Å²) in [7, 11) is -3.59. The summed E-state index contributed by atoms with van der Waals surface area (Å²) in [5.74, 6) is 1.07. The van der Waals surface area contributed by atoms with Gasteiger partial charge in [-0.1, -0.05) is 68.1 Å². The van der Waals surface area contributed by atoms with Gasteiger partial charge in [-0.3, -0.25) is 0 Å². The minimum absolute atomic E-state index is 0.210. The van der Waals surface area contributed by atoms with Gasteiger partial charge in [0.15, 0.2) is 11.0 Å². The fourth-order valence-electron chi connectivity index (χ4n) is 3.80. The molecule has 1 saturated heterocycles. The third-order valence-electron chi connectivity index (χ3n) is 5.52. The summed E-state index contributed by atoms with van der Waals surface area (Å²) in [6, 6.07) is 17.3. The standard InChI is InChI=1S/C24H30N4O3S2/c1-18(2)17-28-23(25-26-24(28)32-19(3)20-8-5-4-6-9-20)21-10-7-11-22(16-21)33(29,30)27-12-14-31-15-13-27/h4-11,16,18-19H,12-15,17H2,1-3H3/t19-/m1/s1. The van der Waals surface area contributed by atoms with Crippen molar-refractivity contribution in [1.82, 2.24) is 19.1 Å². The van der Waals surface area contributed by atoms with Crippen LogP contribution < -0.4 is 0 Å². The van der Waals surface area contributed by atoms with Gasteiger partial charge in [-0.15, -0.1) is 10.2 Å². The first-order valence-corrected chi connectivity index (χ1v) is 13.5. The summed E-state index contributed by atoms with van der Waals surface area (Å²) in [5, 5.41) is 10.0. The molecule has 1 aliphatic rings. The number of benzene rings is 2. The van der Waals surface area contributed by atoms with Gasteiger partial charge >= 0.3 is 0 Å². The molecule has 1 aromatic heterocycles. The molecule has 33 heavy (non-hydrogen) atoms. The molecule has 176 valence electrons. The summed E-state index contributed by atoms with van der Waals surface area (Å²) in [6.07, 6.45) is 0. The van der Waals surface area contributed by atoms with Crippen molar-refractivity contribution in [3.8, 4) is 11.4 Å². The van der Waals surface area contributed by atoms with Crippen LogP contribution in [0.4, 0.5) is 0 Å². The molecule has 3 aromatic rings. The number of hydrogen-bond acceptors (Lipinski definition) is 6. The fourth-order valence-corrected chi connectivity index (χ4v) is 6.24. The van der Waals surface area contributed by atoms with Crippen LogP contribution in [0.5, 0.6) is 0 Å². The summed E-state index contributed by atoms with van der Waals surface area (Å²) < 4.78 is 35.2. The Morgan fingerprint density at radius 3 is 2.42 bits per heavy atom. The number of morpholine rings is 1. The van der Waals surface area contributed by atoms with Crippen molar-refractivity contribution >= 4 is 21.8 Å². The van der Waals surface area contributed by atoms with E-state index in [4.69, 9.17) is 4.74 Å². The van der Waals surface area contributed by atoms with Gasteiger partial charge in [0.05, 0.1) is 18.1 Å². The van der Waals surface area contributed by atoms with Crippen molar-refractivity contribution in [3.05, 3.63) is 60.2 Å². The van der Waals surface area contributed by atoms with Gasteiger partial charge in [-0.05, 0) is 30.5 Å². The van der Waals surface area contributed by atoms with Gasteiger partial charge in [0.2, 0.25) is 10.0 Å². The minimum atomic E-state index is -3.59. The Kier molecular flexibility index (Phi) is 7.53. The highest BCUT2D eigenvalue weighted by molar-refractivity contribution is 7.99. The first-order valence-electron chi connectivity index (χ1n) is 11.2. The summed E-state index contributed by atoms with van der Waals surface area (Å²) in [4.78, 5) is 0.271. The minimum Gasteiger partial charge on any atom is -0.379 e. The van der Waals surface area contributed by atoms with E-state index in [0.29, 0.717) is 38.0 Å². The molecule has 0 N–H and O–H groups in total. The first-order chi connectivity index (χ1) is 15.9. The average molecular weight is 487 g/mol. The summed E-state index contributed by atoms with van der Waals surface area (Å²) >= 11 is 1.66. The molecule has 0 unspecified atom stereocenters. The molecule has 0 bridgehead atoms. The second-order valence-corrected chi connectivity index (χ2v) is 11.8. The van der Waals surface area contributed by atoms with Crippen molar-refractivity contribution in [2.45, 2.75) is 42.6 Å². The average Bonchev–Trinajstić information content (AvgIpc) is 3.21. The maximum atomic E-state index is 13.2. The molecule has 1 aliphatic heterocycles. The van der Waals surface area contributed by atoms with Crippen molar-refractivity contribution in [2.24, 2.45) is 5.92 Å². The lowest BCUT2D eigenvalue weighted by molar-refractivity contribution is 0.0730. The molecule has 2 heterocycles. The van der Waals surface area contributed by atoms with Crippen LogP contribution in [0.1, 0.15) is 31.6 Å². The Morgan fingerprint density at radius 1 is 1.00 bits per heavy atom. The van der Waals surface area contributed by atoms with E-state index in [2.05, 4.69) is 47.7 Å². The third-order valence-corrected chi connectivity index (χ3v) is 8.55. The number of sulfonamides is 1. The zero-order valence-corrected chi connectivity index (χ0v) is 20.8. The summed E-state index contributed by atoms with van der Waals surface area (Å²) in [5.41, 5.74) is 1.97. The largest absolute Gasteiger partial charge is 0.379 e. The Hall–Kier alpha value is -2.20. The molecular formula is C24H30N4O3S2. The molecule has 4 rings (SSSR count). The van der Waals surface area contributed by atoms with Crippen molar-refractivity contribution in [1.29, 1.82) is 0 Å². The predicted octanol–water partition coefficient (Wildman–Crippen LogP) is 4.48. The monoisotopic (exact) mass is 486 g/mol. The van der Waals surface area contributed by atoms with Crippen LogP contribution in [-0.2, 0) is 21.3 Å². The molecule has 1 atom stereocenters. The second kappa shape index (κ2) is 10.4. The molecular weight excluding hydrogens is 456 g/mol. The second-order valence-electron chi connectivity index (χ2n) is 8.53. The van der Waals surface area contributed by atoms with Crippen molar-refractivity contribution in [2.75, 3.05) is 26.3 Å². The van der Waals surface area contributed by atoms with Crippen LogP contribution in [0.3, 0.4) is 0 Å². The maximum absolute atomic E-state index is 13.2. The van der Waals surface area contributed by atoms with Crippen LogP contribution in [0, 0.1) is 5.92 Å². The Labute approximate surface area is 200 Å². The zero-order valence-electron chi connectivity index (χ0n) is 19.2. The number of ether oxygens (including phenoxy) is 1. The van der Waals surface area contributed by atoms with E-state index in [1.54, 1.807) is 30.0 Å². The van der Waals surface area contributed by atoms with Gasteiger partial charge in [0.1, 0.15) is 0 Å². The first kappa shape index (κ1) is 23.9. The lowest BCUT2D eigenvalue weighted by atomic mass is 10.2. The van der Waals surface area contributed by atoms with Gasteiger partial charge < -0.3 is 9.30 Å². The molecule has 0 amide bonds. The zero-order chi connectivity index (χ0) is 23.4. The molecule has 0 aliphatic carbocycles. The SMILES string of the molecule is CC(C)Cn1c(S[C@H](C)c2ccccc2)nnc1-c1cccc(S(=O)(=O)N2CCOCC2)c1. The van der Waals surface area contributed by atoms with E-state index in [9.17, 15) is 8.42 Å². The molecule has 7 nitrogen and oxygen atoms in total. The highest BCUT2D eigenvalue weighted by Crippen LogP contribution is 2.36. The smallest absolute Gasteiger partial charge is 0.243 e. The lowest BCUT2D eigenvalue weighted by Crippen LogP contribution is -2.40. The molecule has 0 saturated carbocycles. The molecule has 2 aromatic carbocycles. The topological polar surface area (TPSA) is 77.3 Å². The Balaban J connectivity index is 1.67. The Morgan fingerprint density at radius 2 is 1.73 bits per heavy atom. The van der Waals surface area contributed by atoms with E-state index in [-0.39, 0.29) is 10.1 Å². The highest BCUT2D eigenvalue weighted by atomic mass is 32.2. The highest BCUT2D eigenvalue weighted by Gasteiger charge is 2.27. The van der Waals surface area contributed by atoms with Crippen molar-refractivity contribution < 1.29 is 13.2 Å². The number of thioether (sulfide) groups is 1.